The molecule has 1 aliphatic heterocycles. The number of nitrogens with two attached hydrogens (primary N) is 1. The SMILES string of the molecule is NC(=O)OC(=O)c1ccc2c(c1)CNCC2. The van der Waals surface area contributed by atoms with Crippen LogP contribution in [0, 0.1) is 0 Å². The predicted molar refractivity (Wildman–Crippen MR) is 56.9 cm³/mol. The van der Waals surface area contributed by atoms with E-state index in [2.05, 4.69) is 10.1 Å². The van der Waals surface area contributed by atoms with Crippen LogP contribution in [0.5, 0.6) is 0 Å². The maximum Gasteiger partial charge on any atom is 0.412 e. The van der Waals surface area contributed by atoms with Gasteiger partial charge in [0, 0.05) is 6.54 Å². The first kappa shape index (κ1) is 10.6. The average Bonchev–Trinajstić information content (AvgIpc) is 2.27. The molecule has 1 amide bonds. The molecule has 0 aromatic heterocycles. The highest BCUT2D eigenvalue weighted by Crippen LogP contribution is 2.16. The highest BCUT2D eigenvalue weighted by atomic mass is 16.6. The Hall–Kier alpha value is -1.88. The van der Waals surface area contributed by atoms with E-state index in [0.29, 0.717) is 5.56 Å². The maximum atomic E-state index is 11.4. The highest BCUT2D eigenvalue weighted by molar-refractivity contribution is 5.96. The smallest absolute Gasteiger partial charge is 0.373 e. The second-order valence-electron chi connectivity index (χ2n) is 3.62. The van der Waals surface area contributed by atoms with Crippen LogP contribution in [0.25, 0.3) is 0 Å². The molecule has 1 aromatic carbocycles. The van der Waals surface area contributed by atoms with Crippen molar-refractivity contribution in [3.8, 4) is 0 Å². The summed E-state index contributed by atoms with van der Waals surface area (Å²) < 4.78 is 4.31. The second-order valence-corrected chi connectivity index (χ2v) is 3.62. The number of nitrogens with one attached hydrogen (secondary N) is 1. The van der Waals surface area contributed by atoms with E-state index in [1.165, 1.54) is 5.56 Å². The van der Waals surface area contributed by atoms with Gasteiger partial charge in [-0.2, -0.15) is 0 Å². The van der Waals surface area contributed by atoms with Crippen LogP contribution in [0.3, 0.4) is 0 Å². The number of carbonyl (C=O) groups is 2. The summed E-state index contributed by atoms with van der Waals surface area (Å²) in [5.74, 6) is -0.708. The first-order chi connectivity index (χ1) is 7.66. The number of carbonyl (C=O) groups excluding carboxylic acids is 2. The molecule has 0 unspecified atom stereocenters. The lowest BCUT2D eigenvalue weighted by Crippen LogP contribution is -2.24. The summed E-state index contributed by atoms with van der Waals surface area (Å²) in [5.41, 5.74) is 7.40. The van der Waals surface area contributed by atoms with Crippen LogP contribution in [0.2, 0.25) is 0 Å². The fourth-order valence-electron chi connectivity index (χ4n) is 1.76. The Labute approximate surface area is 92.6 Å². The Bertz CT molecular complexity index is 443. The second kappa shape index (κ2) is 4.32. The summed E-state index contributed by atoms with van der Waals surface area (Å²) >= 11 is 0. The molecular formula is C11H12N2O3. The number of fused-ring (bicyclic) bond motifs is 1. The molecule has 0 spiro atoms. The number of ether oxygens (including phenoxy) is 1. The topological polar surface area (TPSA) is 81.4 Å². The van der Waals surface area contributed by atoms with Crippen molar-refractivity contribution < 1.29 is 14.3 Å². The number of benzene rings is 1. The van der Waals surface area contributed by atoms with Crippen molar-refractivity contribution >= 4 is 12.1 Å². The summed E-state index contributed by atoms with van der Waals surface area (Å²) in [6.07, 6.45) is -0.138. The fraction of sp³-hybridized carbons (Fsp3) is 0.273. The lowest BCUT2D eigenvalue weighted by molar-refractivity contribution is 0.0638. The molecule has 16 heavy (non-hydrogen) atoms. The molecule has 0 bridgehead atoms. The lowest BCUT2D eigenvalue weighted by Gasteiger charge is -2.17. The summed E-state index contributed by atoms with van der Waals surface area (Å²) in [7, 11) is 0. The molecule has 0 saturated carbocycles. The molecule has 0 aliphatic carbocycles. The zero-order chi connectivity index (χ0) is 11.5. The maximum absolute atomic E-state index is 11.4. The van der Waals surface area contributed by atoms with E-state index < -0.39 is 12.1 Å². The third kappa shape index (κ3) is 2.20. The summed E-state index contributed by atoms with van der Waals surface area (Å²) in [5, 5.41) is 3.20. The summed E-state index contributed by atoms with van der Waals surface area (Å²) in [4.78, 5) is 21.8. The van der Waals surface area contributed by atoms with Crippen LogP contribution < -0.4 is 11.1 Å². The number of hydrogen-bond acceptors (Lipinski definition) is 4. The van der Waals surface area contributed by atoms with Gasteiger partial charge in [-0.1, -0.05) is 6.07 Å². The van der Waals surface area contributed by atoms with Crippen LogP contribution in [0.15, 0.2) is 18.2 Å². The first-order valence-electron chi connectivity index (χ1n) is 5.01. The molecule has 0 atom stereocenters. The van der Waals surface area contributed by atoms with Gasteiger partial charge < -0.3 is 15.8 Å². The zero-order valence-corrected chi connectivity index (χ0v) is 8.66. The molecule has 0 fully saturated rings. The molecule has 5 heteroatoms. The van der Waals surface area contributed by atoms with Crippen molar-refractivity contribution in [3.05, 3.63) is 34.9 Å². The van der Waals surface area contributed by atoms with Gasteiger partial charge in [-0.3, -0.25) is 0 Å². The number of primary amides is 1. The third-order valence-electron chi connectivity index (χ3n) is 2.52. The van der Waals surface area contributed by atoms with Crippen molar-refractivity contribution in [2.24, 2.45) is 5.73 Å². The fourth-order valence-corrected chi connectivity index (χ4v) is 1.76. The van der Waals surface area contributed by atoms with Crippen molar-refractivity contribution in [3.63, 3.8) is 0 Å². The number of esters is 1. The van der Waals surface area contributed by atoms with E-state index in [1.807, 2.05) is 6.07 Å². The van der Waals surface area contributed by atoms with Crippen LogP contribution in [0.1, 0.15) is 21.5 Å². The summed E-state index contributed by atoms with van der Waals surface area (Å²) in [6, 6.07) is 5.26. The molecule has 84 valence electrons. The zero-order valence-electron chi connectivity index (χ0n) is 8.66. The minimum Gasteiger partial charge on any atom is -0.373 e. The molecule has 2 rings (SSSR count). The largest absolute Gasteiger partial charge is 0.412 e. The minimum absolute atomic E-state index is 0.348. The molecule has 0 radical (unpaired) electrons. The molecule has 1 aromatic rings. The minimum atomic E-state index is -1.08. The number of hydrogen-bond donors (Lipinski definition) is 2. The van der Waals surface area contributed by atoms with Gasteiger partial charge in [-0.15, -0.1) is 0 Å². The van der Waals surface area contributed by atoms with Crippen molar-refractivity contribution in [1.82, 2.24) is 5.32 Å². The van der Waals surface area contributed by atoms with Crippen LogP contribution in [0.4, 0.5) is 4.79 Å². The van der Waals surface area contributed by atoms with Gasteiger partial charge in [0.1, 0.15) is 0 Å². The summed E-state index contributed by atoms with van der Waals surface area (Å²) in [6.45, 7) is 1.67. The Morgan fingerprint density at radius 3 is 2.88 bits per heavy atom. The standard InChI is InChI=1S/C11H12N2O3/c12-11(15)16-10(14)8-2-1-7-3-4-13-6-9(7)5-8/h1-2,5,13H,3-4,6H2,(H2,12,15). The van der Waals surface area contributed by atoms with Gasteiger partial charge in [-0.25, -0.2) is 9.59 Å². The van der Waals surface area contributed by atoms with Crippen molar-refractivity contribution in [2.45, 2.75) is 13.0 Å². The average molecular weight is 220 g/mol. The molecule has 3 N–H and O–H groups in total. The lowest BCUT2D eigenvalue weighted by atomic mass is 9.99. The van der Waals surface area contributed by atoms with Gasteiger partial charge in [-0.05, 0) is 36.2 Å². The van der Waals surface area contributed by atoms with E-state index in [1.54, 1.807) is 12.1 Å². The highest BCUT2D eigenvalue weighted by Gasteiger charge is 2.14. The van der Waals surface area contributed by atoms with Gasteiger partial charge >= 0.3 is 12.1 Å². The van der Waals surface area contributed by atoms with E-state index in [0.717, 1.165) is 25.1 Å². The van der Waals surface area contributed by atoms with Crippen molar-refractivity contribution in [2.75, 3.05) is 6.54 Å². The Morgan fingerprint density at radius 2 is 2.12 bits per heavy atom. The Kier molecular flexibility index (Phi) is 2.87. The number of amides is 1. The molecule has 0 saturated heterocycles. The molecule has 5 nitrogen and oxygen atoms in total. The monoisotopic (exact) mass is 220 g/mol. The van der Waals surface area contributed by atoms with Crippen LogP contribution in [-0.2, 0) is 17.7 Å². The van der Waals surface area contributed by atoms with Gasteiger partial charge in [0.15, 0.2) is 0 Å². The van der Waals surface area contributed by atoms with Crippen LogP contribution in [-0.4, -0.2) is 18.6 Å². The van der Waals surface area contributed by atoms with Gasteiger partial charge in [0.05, 0.1) is 5.56 Å². The quantitative estimate of drug-likeness (QED) is 0.535. The van der Waals surface area contributed by atoms with E-state index in [4.69, 9.17) is 5.73 Å². The van der Waals surface area contributed by atoms with Crippen LogP contribution >= 0.6 is 0 Å². The number of rotatable bonds is 1. The predicted octanol–water partition coefficient (Wildman–Crippen LogP) is 0.568. The van der Waals surface area contributed by atoms with Crippen molar-refractivity contribution in [1.29, 1.82) is 0 Å². The Morgan fingerprint density at radius 1 is 1.31 bits per heavy atom. The normalized spacial score (nSPS) is 14.0. The molecule has 1 aliphatic rings. The van der Waals surface area contributed by atoms with Gasteiger partial charge in [0.2, 0.25) is 0 Å². The molecular weight excluding hydrogens is 208 g/mol. The van der Waals surface area contributed by atoms with E-state index >= 15 is 0 Å². The van der Waals surface area contributed by atoms with E-state index in [-0.39, 0.29) is 0 Å². The third-order valence-corrected chi connectivity index (χ3v) is 2.52. The van der Waals surface area contributed by atoms with E-state index in [9.17, 15) is 9.59 Å². The first-order valence-corrected chi connectivity index (χ1v) is 5.01. The Balaban J connectivity index is 2.23. The van der Waals surface area contributed by atoms with Gasteiger partial charge in [0.25, 0.3) is 0 Å². The molecule has 1 heterocycles.